The van der Waals surface area contributed by atoms with Crippen LogP contribution < -0.4 is 10.6 Å². The summed E-state index contributed by atoms with van der Waals surface area (Å²) in [4.78, 5) is 22.1. The third-order valence-electron chi connectivity index (χ3n) is 6.14. The predicted molar refractivity (Wildman–Crippen MR) is 130 cm³/mol. The Kier molecular flexibility index (Phi) is 9.36. The van der Waals surface area contributed by atoms with Crippen LogP contribution in [-0.4, -0.2) is 79.2 Å². The summed E-state index contributed by atoms with van der Waals surface area (Å²) in [5, 5.41) is 6.98. The lowest BCUT2D eigenvalue weighted by molar-refractivity contribution is -0.0586. The van der Waals surface area contributed by atoms with E-state index in [0.29, 0.717) is 25.7 Å². The molecule has 2 saturated heterocycles. The molecule has 3 rings (SSSR count). The maximum atomic E-state index is 12.9. The molecular formula is C25H41N5O2. The van der Waals surface area contributed by atoms with Crippen molar-refractivity contribution in [3.63, 3.8) is 0 Å². The van der Waals surface area contributed by atoms with Gasteiger partial charge in [0.15, 0.2) is 5.96 Å². The fraction of sp³-hybridized carbons (Fsp3) is 0.680. The molecule has 178 valence electrons. The van der Waals surface area contributed by atoms with Gasteiger partial charge in [-0.15, -0.1) is 0 Å². The summed E-state index contributed by atoms with van der Waals surface area (Å²) in [5.41, 5.74) is 1.82. The molecule has 2 fully saturated rings. The number of nitrogens with one attached hydrogen (secondary N) is 2. The zero-order chi connectivity index (χ0) is 22.9. The highest BCUT2D eigenvalue weighted by molar-refractivity contribution is 5.94. The van der Waals surface area contributed by atoms with Gasteiger partial charge in [0.05, 0.1) is 18.8 Å². The van der Waals surface area contributed by atoms with Crippen molar-refractivity contribution in [1.29, 1.82) is 0 Å². The van der Waals surface area contributed by atoms with E-state index in [1.165, 1.54) is 13.0 Å². The van der Waals surface area contributed by atoms with Crippen LogP contribution >= 0.6 is 0 Å². The van der Waals surface area contributed by atoms with Gasteiger partial charge < -0.3 is 25.2 Å². The molecule has 7 nitrogen and oxygen atoms in total. The van der Waals surface area contributed by atoms with Crippen molar-refractivity contribution in [3.8, 4) is 0 Å². The Labute approximate surface area is 193 Å². The molecule has 2 unspecified atom stereocenters. The fourth-order valence-electron chi connectivity index (χ4n) is 4.58. The normalized spacial score (nSPS) is 23.2. The van der Waals surface area contributed by atoms with E-state index in [1.54, 1.807) is 0 Å². The molecule has 2 heterocycles. The molecular weight excluding hydrogens is 402 g/mol. The van der Waals surface area contributed by atoms with E-state index in [-0.39, 0.29) is 18.1 Å². The third-order valence-corrected chi connectivity index (χ3v) is 6.14. The molecule has 0 aliphatic carbocycles. The number of carbonyl (C=O) groups is 1. The Morgan fingerprint density at radius 2 is 1.75 bits per heavy atom. The first-order valence-corrected chi connectivity index (χ1v) is 12.3. The van der Waals surface area contributed by atoms with Gasteiger partial charge in [-0.2, -0.15) is 0 Å². The van der Waals surface area contributed by atoms with Crippen LogP contribution in [0, 0.1) is 0 Å². The summed E-state index contributed by atoms with van der Waals surface area (Å²) in [6.07, 6.45) is 3.68. The van der Waals surface area contributed by atoms with E-state index in [9.17, 15) is 4.79 Å². The zero-order valence-corrected chi connectivity index (χ0v) is 20.3. The number of benzene rings is 1. The number of guanidine groups is 1. The molecule has 2 aliphatic rings. The van der Waals surface area contributed by atoms with Crippen molar-refractivity contribution in [2.45, 2.75) is 71.8 Å². The zero-order valence-electron chi connectivity index (χ0n) is 20.3. The second kappa shape index (κ2) is 12.2. The fourth-order valence-corrected chi connectivity index (χ4v) is 4.58. The molecule has 32 heavy (non-hydrogen) atoms. The molecule has 0 bridgehead atoms. The first-order chi connectivity index (χ1) is 15.5. The molecule has 1 aromatic rings. The number of aliphatic imine (C=N–C) groups is 1. The standard InChI is InChI=1S/C25H41N5O2/c1-5-13-29-14-11-23(12-15-29)28-25(26-6-2)27-16-21-7-9-22(10-8-21)24(31)30-17-19(3)32-20(4)18-30/h7-10,19-20,23H,5-6,11-18H2,1-4H3,(H2,26,27,28). The van der Waals surface area contributed by atoms with Crippen molar-refractivity contribution in [2.75, 3.05) is 39.3 Å². The number of amides is 1. The number of ether oxygens (including phenoxy) is 1. The minimum Gasteiger partial charge on any atom is -0.372 e. The van der Waals surface area contributed by atoms with Crippen LogP contribution in [0.1, 0.15) is 62.9 Å². The first-order valence-electron chi connectivity index (χ1n) is 12.3. The van der Waals surface area contributed by atoms with Crippen molar-refractivity contribution in [3.05, 3.63) is 35.4 Å². The second-order valence-electron chi connectivity index (χ2n) is 9.12. The number of nitrogens with zero attached hydrogens (tertiary/aromatic N) is 3. The number of hydrogen-bond donors (Lipinski definition) is 2. The van der Waals surface area contributed by atoms with Crippen LogP contribution in [0.25, 0.3) is 0 Å². The van der Waals surface area contributed by atoms with E-state index < -0.39 is 0 Å². The van der Waals surface area contributed by atoms with Gasteiger partial charge in [-0.3, -0.25) is 4.79 Å². The van der Waals surface area contributed by atoms with Crippen LogP contribution in [0.5, 0.6) is 0 Å². The Bertz CT molecular complexity index is 733. The SMILES string of the molecule is CCCN1CCC(NC(=NCc2ccc(C(=O)N3CC(C)OC(C)C3)cc2)NCC)CC1. The maximum absolute atomic E-state index is 12.9. The van der Waals surface area contributed by atoms with Crippen molar-refractivity contribution < 1.29 is 9.53 Å². The predicted octanol–water partition coefficient (Wildman–Crippen LogP) is 2.87. The molecule has 0 spiro atoms. The van der Waals surface area contributed by atoms with E-state index in [4.69, 9.17) is 9.73 Å². The van der Waals surface area contributed by atoms with Gasteiger partial charge >= 0.3 is 0 Å². The van der Waals surface area contributed by atoms with Crippen LogP contribution in [0.2, 0.25) is 0 Å². The summed E-state index contributed by atoms with van der Waals surface area (Å²) in [6.45, 7) is 14.6. The maximum Gasteiger partial charge on any atom is 0.254 e. The number of piperidine rings is 1. The Morgan fingerprint density at radius 3 is 2.34 bits per heavy atom. The van der Waals surface area contributed by atoms with Gasteiger partial charge in [-0.05, 0) is 64.3 Å². The average molecular weight is 444 g/mol. The van der Waals surface area contributed by atoms with Crippen LogP contribution in [0.15, 0.2) is 29.3 Å². The van der Waals surface area contributed by atoms with Crippen LogP contribution in [-0.2, 0) is 11.3 Å². The second-order valence-corrected chi connectivity index (χ2v) is 9.12. The lowest BCUT2D eigenvalue weighted by atomic mass is 10.1. The van der Waals surface area contributed by atoms with Gasteiger partial charge in [0.1, 0.15) is 0 Å². The minimum atomic E-state index is 0.0754. The molecule has 2 aliphatic heterocycles. The Balaban J connectivity index is 1.54. The molecule has 0 radical (unpaired) electrons. The lowest BCUT2D eigenvalue weighted by Crippen LogP contribution is -2.48. The highest BCUT2D eigenvalue weighted by Crippen LogP contribution is 2.15. The van der Waals surface area contributed by atoms with Gasteiger partial charge in [-0.25, -0.2) is 4.99 Å². The molecule has 2 atom stereocenters. The average Bonchev–Trinajstić information content (AvgIpc) is 2.78. The largest absolute Gasteiger partial charge is 0.372 e. The van der Waals surface area contributed by atoms with Gasteiger partial charge in [-0.1, -0.05) is 19.1 Å². The van der Waals surface area contributed by atoms with E-state index in [2.05, 4.69) is 29.4 Å². The van der Waals surface area contributed by atoms with Crippen molar-refractivity contribution >= 4 is 11.9 Å². The molecule has 2 N–H and O–H groups in total. The van der Waals surface area contributed by atoms with E-state index in [0.717, 1.165) is 49.6 Å². The third kappa shape index (κ3) is 7.20. The summed E-state index contributed by atoms with van der Waals surface area (Å²) >= 11 is 0. The quantitative estimate of drug-likeness (QED) is 0.501. The minimum absolute atomic E-state index is 0.0754. The van der Waals surface area contributed by atoms with Gasteiger partial charge in [0.25, 0.3) is 5.91 Å². The molecule has 1 aromatic carbocycles. The topological polar surface area (TPSA) is 69.2 Å². The van der Waals surface area contributed by atoms with Crippen molar-refractivity contribution in [1.82, 2.24) is 20.4 Å². The van der Waals surface area contributed by atoms with Crippen molar-refractivity contribution in [2.24, 2.45) is 4.99 Å². The summed E-state index contributed by atoms with van der Waals surface area (Å²) in [6, 6.07) is 8.33. The molecule has 1 amide bonds. The lowest BCUT2D eigenvalue weighted by Gasteiger charge is -2.35. The Morgan fingerprint density at radius 1 is 1.09 bits per heavy atom. The van der Waals surface area contributed by atoms with Gasteiger partial charge in [0.2, 0.25) is 0 Å². The highest BCUT2D eigenvalue weighted by Gasteiger charge is 2.26. The smallest absolute Gasteiger partial charge is 0.254 e. The van der Waals surface area contributed by atoms with Crippen LogP contribution in [0.3, 0.4) is 0 Å². The number of hydrogen-bond acceptors (Lipinski definition) is 4. The highest BCUT2D eigenvalue weighted by atomic mass is 16.5. The van der Waals surface area contributed by atoms with E-state index in [1.807, 2.05) is 43.0 Å². The van der Waals surface area contributed by atoms with Crippen LogP contribution in [0.4, 0.5) is 0 Å². The van der Waals surface area contributed by atoms with Gasteiger partial charge in [0, 0.05) is 44.3 Å². The molecule has 0 saturated carbocycles. The van der Waals surface area contributed by atoms with E-state index >= 15 is 0 Å². The monoisotopic (exact) mass is 443 g/mol. The number of rotatable bonds is 7. The Hall–Kier alpha value is -2.12. The number of carbonyl (C=O) groups excluding carboxylic acids is 1. The summed E-state index contributed by atoms with van der Waals surface area (Å²) < 4.78 is 5.74. The number of likely N-dealkylation sites (tertiary alicyclic amines) is 1. The summed E-state index contributed by atoms with van der Waals surface area (Å²) in [7, 11) is 0. The summed E-state index contributed by atoms with van der Waals surface area (Å²) in [5.74, 6) is 0.948. The number of morpholine rings is 1. The molecule has 0 aromatic heterocycles. The first kappa shape index (κ1) is 24.5. The molecule has 7 heteroatoms.